The van der Waals surface area contributed by atoms with E-state index >= 15 is 0 Å². The van der Waals surface area contributed by atoms with Crippen molar-refractivity contribution in [1.82, 2.24) is 25.2 Å². The Kier molecular flexibility index (Phi) is 10.6. The van der Waals surface area contributed by atoms with Crippen LogP contribution in [0.4, 0.5) is 24.8 Å². The Morgan fingerprint density at radius 2 is 1.91 bits per heavy atom. The van der Waals surface area contributed by atoms with Crippen molar-refractivity contribution in [2.45, 2.75) is 83.2 Å². The van der Waals surface area contributed by atoms with Gasteiger partial charge in [0.15, 0.2) is 0 Å². The topological polar surface area (TPSA) is 124 Å². The number of halogens is 3. The normalized spacial score (nSPS) is 16.5. The quantitative estimate of drug-likeness (QED) is 0.137. The molecule has 236 valence electrons. The van der Waals surface area contributed by atoms with Crippen LogP contribution in [-0.4, -0.2) is 66.1 Å². The first-order valence-electron chi connectivity index (χ1n) is 14.5. The van der Waals surface area contributed by atoms with E-state index in [1.54, 1.807) is 6.92 Å². The maximum absolute atomic E-state index is 13.8. The lowest BCUT2D eigenvalue weighted by molar-refractivity contribution is -0.138. The number of carbonyl (C=O) groups excluding carboxylic acids is 1. The summed E-state index contributed by atoms with van der Waals surface area (Å²) in [4.78, 5) is 41.3. The summed E-state index contributed by atoms with van der Waals surface area (Å²) in [6.07, 6.45) is 4.98. The summed E-state index contributed by atoms with van der Waals surface area (Å²) >= 11 is 0. The number of nitrogens with one attached hydrogen (secondary N) is 2. The average molecular weight is 624 g/mol. The SMILES string of the molecule is C[C@@H](CONC(=O)CC1=CCN(c2ncc(C3CC3)cn2)CC1)Nc1cnn(COCC[Si](C)(C)C)c(=O)c1C(F)(F)F. The molecule has 3 heterocycles. The van der Waals surface area contributed by atoms with E-state index in [-0.39, 0.29) is 25.7 Å². The molecule has 0 spiro atoms. The largest absolute Gasteiger partial charge is 0.423 e. The lowest BCUT2D eigenvalue weighted by atomic mass is 10.0. The maximum atomic E-state index is 13.8. The van der Waals surface area contributed by atoms with Crippen LogP contribution >= 0.6 is 0 Å². The van der Waals surface area contributed by atoms with Crippen LogP contribution in [0.15, 0.2) is 35.0 Å². The number of hydroxylamine groups is 1. The molecule has 2 aromatic rings. The predicted molar refractivity (Wildman–Crippen MR) is 158 cm³/mol. The number of hydrogen-bond donors (Lipinski definition) is 2. The van der Waals surface area contributed by atoms with E-state index in [1.165, 1.54) is 18.4 Å². The maximum Gasteiger partial charge on any atom is 0.423 e. The van der Waals surface area contributed by atoms with Crippen LogP contribution in [0.2, 0.25) is 25.7 Å². The molecule has 4 rings (SSSR count). The molecule has 43 heavy (non-hydrogen) atoms. The van der Waals surface area contributed by atoms with Gasteiger partial charge >= 0.3 is 6.18 Å². The van der Waals surface area contributed by atoms with Gasteiger partial charge in [0.1, 0.15) is 12.3 Å². The standard InChI is InChI=1S/C28H40F3N7O4Si/c1-19(35-23-16-34-38(18-41-11-12-43(2,3)4)26(40)25(23)28(29,30)31)17-42-36-24(39)13-20-7-9-37(10-8-20)27-32-14-22(15-33-27)21-5-6-21/h7,14-16,19,21,35H,5-6,8-13,17-18H2,1-4H3,(H,36,39)/t19-/m0/s1. The Bertz CT molecular complexity index is 1340. The van der Waals surface area contributed by atoms with Crippen molar-refractivity contribution < 1.29 is 27.5 Å². The minimum absolute atomic E-state index is 0.136. The van der Waals surface area contributed by atoms with Crippen molar-refractivity contribution in [1.29, 1.82) is 0 Å². The average Bonchev–Trinajstić information content (AvgIpc) is 3.77. The molecule has 11 nitrogen and oxygen atoms in total. The molecule has 0 bridgehead atoms. The Morgan fingerprint density at radius 3 is 2.51 bits per heavy atom. The highest BCUT2D eigenvalue weighted by Crippen LogP contribution is 2.39. The Morgan fingerprint density at radius 1 is 1.19 bits per heavy atom. The monoisotopic (exact) mass is 623 g/mol. The Balaban J connectivity index is 1.22. The van der Waals surface area contributed by atoms with Crippen LogP contribution in [0.25, 0.3) is 0 Å². The van der Waals surface area contributed by atoms with Crippen molar-refractivity contribution in [2.75, 3.05) is 36.5 Å². The van der Waals surface area contributed by atoms with Crippen LogP contribution in [0.5, 0.6) is 0 Å². The zero-order chi connectivity index (χ0) is 31.2. The van der Waals surface area contributed by atoms with Crippen LogP contribution < -0.4 is 21.3 Å². The molecule has 2 aromatic heterocycles. The number of hydrogen-bond acceptors (Lipinski definition) is 9. The van der Waals surface area contributed by atoms with Gasteiger partial charge in [0, 0.05) is 52.6 Å². The first-order chi connectivity index (χ1) is 20.3. The number of alkyl halides is 3. The number of anilines is 2. The Hall–Kier alpha value is -3.30. The third-order valence-corrected chi connectivity index (χ3v) is 8.84. The summed E-state index contributed by atoms with van der Waals surface area (Å²) in [7, 11) is -1.39. The minimum Gasteiger partial charge on any atom is -0.378 e. The summed E-state index contributed by atoms with van der Waals surface area (Å²) in [5, 5.41) is 6.48. The number of rotatable bonds is 14. The zero-order valence-electron chi connectivity index (χ0n) is 25.0. The fourth-order valence-electron chi connectivity index (χ4n) is 4.47. The van der Waals surface area contributed by atoms with E-state index < -0.39 is 37.1 Å². The first kappa shape index (κ1) is 32.6. The smallest absolute Gasteiger partial charge is 0.378 e. The van der Waals surface area contributed by atoms with E-state index in [4.69, 9.17) is 9.57 Å². The lowest BCUT2D eigenvalue weighted by Gasteiger charge is -2.26. The van der Waals surface area contributed by atoms with E-state index in [2.05, 4.69) is 45.5 Å². The summed E-state index contributed by atoms with van der Waals surface area (Å²) in [6, 6.07) is 0.128. The molecule has 0 radical (unpaired) electrons. The third kappa shape index (κ3) is 9.86. The van der Waals surface area contributed by atoms with Gasteiger partial charge in [0.25, 0.3) is 5.56 Å². The van der Waals surface area contributed by atoms with Gasteiger partial charge in [-0.05, 0) is 43.7 Å². The minimum atomic E-state index is -4.91. The molecule has 1 saturated carbocycles. The fourth-order valence-corrected chi connectivity index (χ4v) is 5.22. The first-order valence-corrected chi connectivity index (χ1v) is 18.2. The second kappa shape index (κ2) is 14.0. The summed E-state index contributed by atoms with van der Waals surface area (Å²) < 4.78 is 47.5. The molecule has 1 atom stereocenters. The molecule has 1 aliphatic heterocycles. The van der Waals surface area contributed by atoms with Crippen LogP contribution in [-0.2, 0) is 27.3 Å². The van der Waals surface area contributed by atoms with Gasteiger partial charge in [-0.1, -0.05) is 31.3 Å². The summed E-state index contributed by atoms with van der Waals surface area (Å²) in [6.45, 7) is 9.10. The highest BCUT2D eigenvalue weighted by molar-refractivity contribution is 6.76. The van der Waals surface area contributed by atoms with Crippen molar-refractivity contribution in [3.63, 3.8) is 0 Å². The summed E-state index contributed by atoms with van der Waals surface area (Å²) in [5.74, 6) is 0.897. The van der Waals surface area contributed by atoms with Gasteiger partial charge in [-0.3, -0.25) is 14.4 Å². The molecule has 0 aromatic carbocycles. The highest BCUT2D eigenvalue weighted by atomic mass is 28.3. The van der Waals surface area contributed by atoms with Gasteiger partial charge < -0.3 is 15.0 Å². The zero-order valence-corrected chi connectivity index (χ0v) is 26.0. The van der Waals surface area contributed by atoms with Gasteiger partial charge in [0.2, 0.25) is 11.9 Å². The molecule has 15 heteroatoms. The van der Waals surface area contributed by atoms with E-state index in [0.717, 1.165) is 17.8 Å². The van der Waals surface area contributed by atoms with Gasteiger partial charge in [-0.15, -0.1) is 0 Å². The molecule has 0 saturated heterocycles. The molecule has 1 amide bonds. The van der Waals surface area contributed by atoms with Gasteiger partial charge in [0.05, 0.1) is 18.5 Å². The third-order valence-electron chi connectivity index (χ3n) is 7.14. The van der Waals surface area contributed by atoms with Gasteiger partial charge in [-0.25, -0.2) is 20.1 Å². The second-order valence-corrected chi connectivity index (χ2v) is 17.9. The van der Waals surface area contributed by atoms with Crippen molar-refractivity contribution in [3.05, 3.63) is 51.7 Å². The van der Waals surface area contributed by atoms with E-state index in [9.17, 15) is 22.8 Å². The van der Waals surface area contributed by atoms with Crippen LogP contribution in [0, 0.1) is 0 Å². The molecule has 1 aliphatic carbocycles. The molecular weight excluding hydrogens is 583 g/mol. The van der Waals surface area contributed by atoms with E-state index in [1.807, 2.05) is 23.4 Å². The second-order valence-electron chi connectivity index (χ2n) is 12.3. The Labute approximate surface area is 249 Å². The van der Waals surface area contributed by atoms with Crippen LogP contribution in [0.3, 0.4) is 0 Å². The van der Waals surface area contributed by atoms with Gasteiger partial charge in [-0.2, -0.15) is 18.3 Å². The molecular formula is C28H40F3N7O4Si. The predicted octanol–water partition coefficient (Wildman–Crippen LogP) is 4.32. The molecule has 2 aliphatic rings. The van der Waals surface area contributed by atoms with Crippen LogP contribution in [0.1, 0.15) is 49.7 Å². The number of amides is 1. The van der Waals surface area contributed by atoms with Crippen molar-refractivity contribution >= 4 is 25.6 Å². The van der Waals surface area contributed by atoms with E-state index in [0.29, 0.717) is 42.7 Å². The number of nitrogens with zero attached hydrogens (tertiary/aromatic N) is 5. The lowest BCUT2D eigenvalue weighted by Crippen LogP contribution is -2.35. The highest BCUT2D eigenvalue weighted by Gasteiger charge is 2.38. The summed E-state index contributed by atoms with van der Waals surface area (Å²) in [5.41, 5.74) is 1.33. The van der Waals surface area contributed by atoms with Crippen molar-refractivity contribution in [2.24, 2.45) is 0 Å². The fraction of sp³-hybridized carbons (Fsp3) is 0.607. The number of aromatic nitrogens is 4. The molecule has 0 unspecified atom stereocenters. The number of carbonyl (C=O) groups is 1. The molecule has 2 N–H and O–H groups in total. The van der Waals surface area contributed by atoms with Crippen molar-refractivity contribution in [3.8, 4) is 0 Å². The number of ether oxygens (including phenoxy) is 1. The molecule has 1 fully saturated rings.